The van der Waals surface area contributed by atoms with Crippen LogP contribution in [-0.4, -0.2) is 32.0 Å². The molecule has 1 amide bonds. The monoisotopic (exact) mass is 506 g/mol. The maximum absolute atomic E-state index is 13.5. The Kier molecular flexibility index (Phi) is 6.01. The highest BCUT2D eigenvalue weighted by molar-refractivity contribution is 5.94. The largest absolute Gasteiger partial charge is 0.500 e. The first-order valence-electron chi connectivity index (χ1n) is 12.1. The molecule has 1 unspecified atom stereocenters. The Hall–Kier alpha value is -5.05. The molecular formula is C29H23FN6O2. The summed E-state index contributed by atoms with van der Waals surface area (Å²) in [4.78, 5) is 26.5. The van der Waals surface area contributed by atoms with Crippen molar-refractivity contribution in [2.45, 2.75) is 12.5 Å². The van der Waals surface area contributed by atoms with Gasteiger partial charge in [0.05, 0.1) is 30.0 Å². The predicted octanol–water partition coefficient (Wildman–Crippen LogP) is 4.76. The fraction of sp³-hybridized carbons (Fsp3) is 0.103. The van der Waals surface area contributed by atoms with Gasteiger partial charge >= 0.3 is 0 Å². The van der Waals surface area contributed by atoms with Crippen LogP contribution in [-0.2, 0) is 11.3 Å². The quantitative estimate of drug-likeness (QED) is 0.344. The minimum atomic E-state index is -0.451. The van der Waals surface area contributed by atoms with E-state index in [0.717, 1.165) is 22.5 Å². The standard InChI is InChI=1S/C29H23FN6O2/c30-21-4-1-3-19(15-21)29(37)33-16-18-6-8-22(9-7-18)36-27(23-5-2-13-32-26(23)31)35-25-11-10-24(34-28(25)36)20-12-14-38-17-20/h1-15,20H,16-17H2,(H2,31,32)(H,33,37). The molecule has 0 saturated carbocycles. The smallest absolute Gasteiger partial charge is 0.251 e. The molecule has 188 valence electrons. The first-order valence-corrected chi connectivity index (χ1v) is 12.1. The highest BCUT2D eigenvalue weighted by atomic mass is 19.1. The Labute approximate surface area is 217 Å². The molecule has 38 heavy (non-hydrogen) atoms. The zero-order valence-corrected chi connectivity index (χ0v) is 20.2. The Morgan fingerprint density at radius 1 is 1.08 bits per heavy atom. The second-order valence-corrected chi connectivity index (χ2v) is 8.91. The second kappa shape index (κ2) is 9.78. The summed E-state index contributed by atoms with van der Waals surface area (Å²) in [5, 5.41) is 2.83. The van der Waals surface area contributed by atoms with Crippen LogP contribution in [0.15, 0.2) is 91.3 Å². The number of nitrogens with one attached hydrogen (secondary N) is 1. The Balaban J connectivity index is 1.35. The van der Waals surface area contributed by atoms with Gasteiger partial charge in [-0.05, 0) is 66.2 Å². The first kappa shape index (κ1) is 23.4. The fourth-order valence-corrected chi connectivity index (χ4v) is 4.44. The first-order chi connectivity index (χ1) is 18.6. The van der Waals surface area contributed by atoms with Gasteiger partial charge in [-0.25, -0.2) is 19.3 Å². The van der Waals surface area contributed by atoms with Gasteiger partial charge in [-0.2, -0.15) is 0 Å². The van der Waals surface area contributed by atoms with Crippen molar-refractivity contribution in [3.8, 4) is 17.1 Å². The van der Waals surface area contributed by atoms with E-state index in [-0.39, 0.29) is 17.4 Å². The van der Waals surface area contributed by atoms with Gasteiger partial charge in [0, 0.05) is 24.0 Å². The summed E-state index contributed by atoms with van der Waals surface area (Å²) in [6, 6.07) is 20.9. The van der Waals surface area contributed by atoms with Gasteiger partial charge in [0.25, 0.3) is 5.91 Å². The van der Waals surface area contributed by atoms with E-state index >= 15 is 0 Å². The molecule has 5 aromatic rings. The topological polar surface area (TPSA) is 108 Å². The number of hydrogen-bond acceptors (Lipinski definition) is 6. The molecule has 9 heteroatoms. The lowest BCUT2D eigenvalue weighted by Crippen LogP contribution is -2.22. The number of imidazole rings is 1. The van der Waals surface area contributed by atoms with Crippen LogP contribution in [0.5, 0.6) is 0 Å². The molecule has 3 N–H and O–H groups in total. The molecular weight excluding hydrogens is 483 g/mol. The molecule has 0 fully saturated rings. The van der Waals surface area contributed by atoms with E-state index in [9.17, 15) is 9.18 Å². The molecule has 4 heterocycles. The molecule has 0 bridgehead atoms. The van der Waals surface area contributed by atoms with Crippen molar-refractivity contribution in [1.29, 1.82) is 0 Å². The minimum Gasteiger partial charge on any atom is -0.500 e. The average molecular weight is 507 g/mol. The van der Waals surface area contributed by atoms with Crippen molar-refractivity contribution in [3.63, 3.8) is 0 Å². The van der Waals surface area contributed by atoms with Gasteiger partial charge in [-0.1, -0.05) is 18.2 Å². The summed E-state index contributed by atoms with van der Waals surface area (Å²) in [5.74, 6) is 0.269. The van der Waals surface area contributed by atoms with E-state index in [0.29, 0.717) is 36.0 Å². The minimum absolute atomic E-state index is 0.0683. The van der Waals surface area contributed by atoms with Crippen molar-refractivity contribution in [1.82, 2.24) is 24.8 Å². The second-order valence-electron chi connectivity index (χ2n) is 8.91. The van der Waals surface area contributed by atoms with Gasteiger partial charge < -0.3 is 15.8 Å². The van der Waals surface area contributed by atoms with E-state index < -0.39 is 5.82 Å². The number of carbonyl (C=O) groups is 1. The summed E-state index contributed by atoms with van der Waals surface area (Å²) < 4.78 is 20.8. The normalized spacial score (nSPS) is 14.5. The van der Waals surface area contributed by atoms with E-state index in [1.54, 1.807) is 18.5 Å². The third kappa shape index (κ3) is 4.45. The molecule has 0 aliphatic carbocycles. The molecule has 1 aliphatic rings. The maximum atomic E-state index is 13.5. The molecule has 1 atom stereocenters. The number of hydrogen-bond donors (Lipinski definition) is 2. The fourth-order valence-electron chi connectivity index (χ4n) is 4.44. The van der Waals surface area contributed by atoms with Gasteiger partial charge in [0.1, 0.15) is 17.2 Å². The predicted molar refractivity (Wildman–Crippen MR) is 142 cm³/mol. The van der Waals surface area contributed by atoms with Crippen LogP contribution >= 0.6 is 0 Å². The zero-order chi connectivity index (χ0) is 26.1. The van der Waals surface area contributed by atoms with E-state index in [4.69, 9.17) is 20.4 Å². The number of fused-ring (bicyclic) bond motifs is 1. The van der Waals surface area contributed by atoms with Crippen molar-refractivity contribution >= 4 is 22.9 Å². The van der Waals surface area contributed by atoms with Gasteiger partial charge in [-0.3, -0.25) is 9.36 Å². The SMILES string of the molecule is Nc1ncccc1-c1nc2ccc(C3C=COC3)nc2n1-c1ccc(CNC(=O)c2cccc(F)c2)cc1. The third-order valence-corrected chi connectivity index (χ3v) is 6.40. The lowest BCUT2D eigenvalue weighted by molar-refractivity contribution is 0.0950. The Bertz CT molecular complexity index is 1680. The number of nitrogens with two attached hydrogens (primary N) is 1. The number of anilines is 1. The molecule has 3 aromatic heterocycles. The van der Waals surface area contributed by atoms with Crippen LogP contribution in [0.1, 0.15) is 27.5 Å². The van der Waals surface area contributed by atoms with Gasteiger partial charge in [0.2, 0.25) is 0 Å². The molecule has 6 rings (SSSR count). The lowest BCUT2D eigenvalue weighted by atomic mass is 10.1. The number of nitrogen functional groups attached to an aromatic ring is 1. The van der Waals surface area contributed by atoms with Crippen molar-refractivity contribution < 1.29 is 13.9 Å². The van der Waals surface area contributed by atoms with Crippen LogP contribution in [0.2, 0.25) is 0 Å². The Morgan fingerprint density at radius 2 is 1.95 bits per heavy atom. The number of nitrogens with zero attached hydrogens (tertiary/aromatic N) is 4. The van der Waals surface area contributed by atoms with Crippen molar-refractivity contribution in [3.05, 3.63) is 114 Å². The highest BCUT2D eigenvalue weighted by Gasteiger charge is 2.21. The molecule has 8 nitrogen and oxygen atoms in total. The molecule has 1 aliphatic heterocycles. The molecule has 2 aromatic carbocycles. The number of amides is 1. The van der Waals surface area contributed by atoms with E-state index in [1.165, 1.54) is 18.2 Å². The summed E-state index contributed by atoms with van der Waals surface area (Å²) in [7, 11) is 0. The van der Waals surface area contributed by atoms with Crippen molar-refractivity contribution in [2.75, 3.05) is 12.3 Å². The number of aromatic nitrogens is 4. The van der Waals surface area contributed by atoms with E-state index in [2.05, 4.69) is 10.3 Å². The molecule has 0 radical (unpaired) electrons. The highest BCUT2D eigenvalue weighted by Crippen LogP contribution is 2.32. The summed E-state index contributed by atoms with van der Waals surface area (Å²) in [6.07, 6.45) is 5.32. The molecule has 0 saturated heterocycles. The van der Waals surface area contributed by atoms with Crippen molar-refractivity contribution in [2.24, 2.45) is 0 Å². The molecule has 0 spiro atoms. The third-order valence-electron chi connectivity index (χ3n) is 6.40. The van der Waals surface area contributed by atoms with Crippen LogP contribution in [0.3, 0.4) is 0 Å². The summed E-state index contributed by atoms with van der Waals surface area (Å²) in [5.41, 5.74) is 11.2. The lowest BCUT2D eigenvalue weighted by Gasteiger charge is -2.12. The number of carbonyl (C=O) groups excluding carboxylic acids is 1. The number of halogens is 1. The maximum Gasteiger partial charge on any atom is 0.251 e. The summed E-state index contributed by atoms with van der Waals surface area (Å²) in [6.45, 7) is 0.838. The Morgan fingerprint density at radius 3 is 2.71 bits per heavy atom. The average Bonchev–Trinajstić information content (AvgIpc) is 3.60. The van der Waals surface area contributed by atoms with Crippen LogP contribution < -0.4 is 11.1 Å². The van der Waals surface area contributed by atoms with Crippen LogP contribution in [0.25, 0.3) is 28.2 Å². The number of ether oxygens (including phenoxy) is 1. The van der Waals surface area contributed by atoms with Crippen LogP contribution in [0.4, 0.5) is 10.2 Å². The summed E-state index contributed by atoms with van der Waals surface area (Å²) >= 11 is 0. The number of pyridine rings is 2. The van der Waals surface area contributed by atoms with Gasteiger partial charge in [0.15, 0.2) is 11.5 Å². The van der Waals surface area contributed by atoms with E-state index in [1.807, 2.05) is 59.2 Å². The zero-order valence-electron chi connectivity index (χ0n) is 20.2. The number of benzene rings is 2. The van der Waals surface area contributed by atoms with Gasteiger partial charge in [-0.15, -0.1) is 0 Å². The number of rotatable bonds is 6. The van der Waals surface area contributed by atoms with Crippen LogP contribution in [0, 0.1) is 5.82 Å².